The molecule has 2 aromatic rings. The number of phosphoric ester groups is 1. The first-order valence-electron chi connectivity index (χ1n) is 9.96. The van der Waals surface area contributed by atoms with Crippen LogP contribution in [0.15, 0.2) is 60.7 Å². The van der Waals surface area contributed by atoms with Crippen LogP contribution in [0.25, 0.3) is 0 Å². The van der Waals surface area contributed by atoms with E-state index in [2.05, 4.69) is 0 Å². The fraction of sp³-hybridized carbons (Fsp3) is 0.409. The number of rotatable bonds is 13. The Bertz CT molecular complexity index is 754. The molecule has 0 heterocycles. The van der Waals surface area contributed by atoms with Crippen LogP contribution in [0.3, 0.4) is 0 Å². The highest BCUT2D eigenvalue weighted by atomic mass is 31.2. The average Bonchev–Trinajstić information content (AvgIpc) is 2.71. The Balaban J connectivity index is 1.81. The highest BCUT2D eigenvalue weighted by Gasteiger charge is 2.30. The zero-order valence-electron chi connectivity index (χ0n) is 17.2. The lowest BCUT2D eigenvalue weighted by molar-refractivity contribution is -0.153. The minimum Gasteiger partial charge on any atom is -0.461 e. The summed E-state index contributed by atoms with van der Waals surface area (Å²) in [6.45, 7) is 3.45. The van der Waals surface area contributed by atoms with E-state index in [-0.39, 0.29) is 19.1 Å². The van der Waals surface area contributed by atoms with Gasteiger partial charge in [-0.15, -0.1) is 0 Å². The summed E-state index contributed by atoms with van der Waals surface area (Å²) in [5.41, 5.74) is 0. The predicted octanol–water partition coefficient (Wildman–Crippen LogP) is 6.12. The molecule has 0 bridgehead atoms. The Hall–Kier alpha value is -2.37. The summed E-state index contributed by atoms with van der Waals surface area (Å²) in [5, 5.41) is 0. The van der Waals surface area contributed by atoms with Crippen LogP contribution in [0.4, 0.5) is 4.39 Å². The molecule has 0 aromatic heterocycles. The lowest BCUT2D eigenvalue weighted by atomic mass is 10.1. The van der Waals surface area contributed by atoms with Crippen molar-refractivity contribution in [3.8, 4) is 11.5 Å². The normalized spacial score (nSPS) is 12.4. The number of hydrogen-bond acceptors (Lipinski definition) is 6. The van der Waals surface area contributed by atoms with Crippen LogP contribution in [0.5, 0.6) is 11.5 Å². The van der Waals surface area contributed by atoms with Gasteiger partial charge in [-0.25, -0.2) is 13.8 Å². The van der Waals surface area contributed by atoms with Gasteiger partial charge in [0.15, 0.2) is 6.17 Å². The maximum Gasteiger partial charge on any atom is 0.587 e. The molecule has 0 N–H and O–H groups in total. The van der Waals surface area contributed by atoms with E-state index in [4.69, 9.17) is 18.3 Å². The minimum absolute atomic E-state index is 0.0737. The van der Waals surface area contributed by atoms with Gasteiger partial charge in [0.1, 0.15) is 11.5 Å². The first-order valence-corrected chi connectivity index (χ1v) is 11.4. The standard InChI is InChI=1S/C22H28FO6P/c1-18(2)27-22(24)21(23)16-10-5-11-17-26-30(25,28-19-12-6-3-7-13-19)29-20-14-8-4-9-15-20/h3-4,6-9,12-15,18,21H,5,10-11,16-17H2,1-2H3/t21-/m0/s1. The second-order valence-corrected chi connectivity index (χ2v) is 8.41. The molecule has 0 amide bonds. The molecule has 2 rings (SSSR count). The Kier molecular flexibility index (Phi) is 9.84. The zero-order chi connectivity index (χ0) is 21.8. The number of esters is 1. The van der Waals surface area contributed by atoms with Crippen LogP contribution in [-0.4, -0.2) is 24.9 Å². The monoisotopic (exact) mass is 438 g/mol. The van der Waals surface area contributed by atoms with Crippen LogP contribution < -0.4 is 9.05 Å². The van der Waals surface area contributed by atoms with Gasteiger partial charge < -0.3 is 13.8 Å². The van der Waals surface area contributed by atoms with Crippen molar-refractivity contribution in [2.24, 2.45) is 0 Å². The number of halogens is 1. The summed E-state index contributed by atoms with van der Waals surface area (Å²) in [4.78, 5) is 11.5. The van der Waals surface area contributed by atoms with Gasteiger partial charge >= 0.3 is 13.8 Å². The molecular weight excluding hydrogens is 410 g/mol. The molecule has 0 spiro atoms. The highest BCUT2D eigenvalue weighted by Crippen LogP contribution is 2.49. The number of benzene rings is 2. The number of carbonyl (C=O) groups is 1. The molecule has 0 aliphatic carbocycles. The van der Waals surface area contributed by atoms with Gasteiger partial charge in [0, 0.05) is 0 Å². The average molecular weight is 438 g/mol. The molecular formula is C22H28FO6P. The molecule has 0 unspecified atom stereocenters. The molecule has 0 fully saturated rings. The maximum absolute atomic E-state index is 13.7. The van der Waals surface area contributed by atoms with Gasteiger partial charge in [0.25, 0.3) is 0 Å². The van der Waals surface area contributed by atoms with Crippen LogP contribution in [0, 0.1) is 0 Å². The second-order valence-electron chi connectivity index (χ2n) is 6.89. The van der Waals surface area contributed by atoms with Gasteiger partial charge in [-0.1, -0.05) is 42.8 Å². The number of phosphoric acid groups is 1. The minimum atomic E-state index is -3.91. The molecule has 164 valence electrons. The Morgan fingerprint density at radius 3 is 1.93 bits per heavy atom. The topological polar surface area (TPSA) is 71.1 Å². The Morgan fingerprint density at radius 1 is 0.900 bits per heavy atom. The van der Waals surface area contributed by atoms with E-state index in [0.717, 1.165) is 0 Å². The SMILES string of the molecule is CC(C)OC(=O)[C@@H](F)CCCCCOP(=O)(Oc1ccccc1)Oc1ccccc1. The second kappa shape index (κ2) is 12.4. The van der Waals surface area contributed by atoms with Crippen molar-refractivity contribution >= 4 is 13.8 Å². The third-order valence-corrected chi connectivity index (χ3v) is 5.25. The van der Waals surface area contributed by atoms with Gasteiger partial charge in [-0.05, 0) is 57.4 Å². The number of alkyl halides is 1. The molecule has 2 aromatic carbocycles. The lowest BCUT2D eigenvalue weighted by Crippen LogP contribution is -2.22. The van der Waals surface area contributed by atoms with E-state index in [1.807, 2.05) is 12.1 Å². The molecule has 0 saturated heterocycles. The fourth-order valence-electron chi connectivity index (χ4n) is 2.49. The summed E-state index contributed by atoms with van der Waals surface area (Å²) in [7, 11) is -3.91. The van der Waals surface area contributed by atoms with Crippen molar-refractivity contribution in [2.45, 2.75) is 51.8 Å². The maximum atomic E-state index is 13.7. The Labute approximate surface area is 176 Å². The molecule has 1 atom stereocenters. The molecule has 0 aliphatic heterocycles. The van der Waals surface area contributed by atoms with E-state index in [1.54, 1.807) is 62.4 Å². The van der Waals surface area contributed by atoms with Crippen molar-refractivity contribution < 1.29 is 32.1 Å². The smallest absolute Gasteiger partial charge is 0.461 e. The molecule has 0 radical (unpaired) electrons. The van der Waals surface area contributed by atoms with Crippen molar-refractivity contribution in [2.75, 3.05) is 6.61 Å². The van der Waals surface area contributed by atoms with Crippen molar-refractivity contribution in [3.05, 3.63) is 60.7 Å². The van der Waals surface area contributed by atoms with E-state index in [1.165, 1.54) is 0 Å². The van der Waals surface area contributed by atoms with Gasteiger partial charge in [-0.3, -0.25) is 4.52 Å². The van der Waals surface area contributed by atoms with Crippen LogP contribution in [0.2, 0.25) is 0 Å². The van der Waals surface area contributed by atoms with E-state index < -0.39 is 20.0 Å². The van der Waals surface area contributed by atoms with Crippen molar-refractivity contribution in [3.63, 3.8) is 0 Å². The van der Waals surface area contributed by atoms with Gasteiger partial charge in [-0.2, -0.15) is 0 Å². The Morgan fingerprint density at radius 2 is 1.43 bits per heavy atom. The van der Waals surface area contributed by atoms with Crippen LogP contribution in [0.1, 0.15) is 39.5 Å². The summed E-state index contributed by atoms with van der Waals surface area (Å²) >= 11 is 0. The molecule has 30 heavy (non-hydrogen) atoms. The third kappa shape index (κ3) is 8.97. The first-order chi connectivity index (χ1) is 14.4. The summed E-state index contributed by atoms with van der Waals surface area (Å²) in [5.74, 6) is -0.111. The summed E-state index contributed by atoms with van der Waals surface area (Å²) < 4.78 is 48.2. The highest BCUT2D eigenvalue weighted by molar-refractivity contribution is 7.49. The third-order valence-electron chi connectivity index (χ3n) is 3.88. The number of carbonyl (C=O) groups excluding carboxylic acids is 1. The van der Waals surface area contributed by atoms with Gasteiger partial charge in [0.2, 0.25) is 0 Å². The fourth-order valence-corrected chi connectivity index (χ4v) is 3.75. The van der Waals surface area contributed by atoms with Crippen LogP contribution in [-0.2, 0) is 18.6 Å². The van der Waals surface area contributed by atoms with Gasteiger partial charge in [0.05, 0.1) is 12.7 Å². The van der Waals surface area contributed by atoms with E-state index in [9.17, 15) is 13.8 Å². The molecule has 6 nitrogen and oxygen atoms in total. The largest absolute Gasteiger partial charge is 0.587 e. The number of ether oxygens (including phenoxy) is 1. The summed E-state index contributed by atoms with van der Waals surface area (Å²) in [6.07, 6.45) is -0.335. The lowest BCUT2D eigenvalue weighted by Gasteiger charge is -2.19. The predicted molar refractivity (Wildman–Crippen MR) is 112 cm³/mol. The van der Waals surface area contributed by atoms with Crippen molar-refractivity contribution in [1.29, 1.82) is 0 Å². The quantitative estimate of drug-likeness (QED) is 0.213. The number of para-hydroxylation sites is 2. The van der Waals surface area contributed by atoms with Crippen molar-refractivity contribution in [1.82, 2.24) is 0 Å². The summed E-state index contributed by atoms with van der Waals surface area (Å²) in [6, 6.07) is 17.2. The number of hydrogen-bond donors (Lipinski definition) is 0. The van der Waals surface area contributed by atoms with Crippen LogP contribution >= 0.6 is 7.82 Å². The van der Waals surface area contributed by atoms with E-state index in [0.29, 0.717) is 30.8 Å². The van der Waals surface area contributed by atoms with E-state index >= 15 is 0 Å². The molecule has 0 aliphatic rings. The first kappa shape index (κ1) is 23.9. The zero-order valence-corrected chi connectivity index (χ0v) is 18.1. The number of unbranched alkanes of at least 4 members (excludes halogenated alkanes) is 2. The molecule has 0 saturated carbocycles. The molecule has 8 heteroatoms.